The zero-order chi connectivity index (χ0) is 20.5. The van der Waals surface area contributed by atoms with Crippen molar-refractivity contribution in [1.29, 1.82) is 0 Å². The summed E-state index contributed by atoms with van der Waals surface area (Å²) in [4.78, 5) is -0.0220. The van der Waals surface area contributed by atoms with Crippen LogP contribution in [0.5, 0.6) is 11.5 Å². The van der Waals surface area contributed by atoms with Gasteiger partial charge in [0.05, 0.1) is 20.5 Å². The second-order valence-electron chi connectivity index (χ2n) is 6.45. The zero-order valence-electron chi connectivity index (χ0n) is 15.8. The summed E-state index contributed by atoms with van der Waals surface area (Å²) in [5.41, 5.74) is 2.13. The van der Waals surface area contributed by atoms with Crippen LogP contribution in [0.1, 0.15) is 11.1 Å². The minimum absolute atomic E-state index is 0.0220. The first-order chi connectivity index (χ1) is 13.1. The summed E-state index contributed by atoms with van der Waals surface area (Å²) in [7, 11) is -4.36. The number of methoxy groups -OCH3 is 2. The van der Waals surface area contributed by atoms with E-state index in [0.29, 0.717) is 24.4 Å². The van der Waals surface area contributed by atoms with E-state index in [9.17, 15) is 16.8 Å². The molecule has 1 heterocycles. The average Bonchev–Trinajstić information content (AvgIpc) is 2.65. The first-order valence-electron chi connectivity index (χ1n) is 8.46. The van der Waals surface area contributed by atoms with Crippen LogP contribution in [0.25, 0.3) is 0 Å². The second kappa shape index (κ2) is 7.61. The molecule has 8 nitrogen and oxygen atoms in total. The van der Waals surface area contributed by atoms with Crippen LogP contribution in [0.2, 0.25) is 0 Å². The molecule has 0 unspecified atom stereocenters. The van der Waals surface area contributed by atoms with Crippen molar-refractivity contribution in [3.63, 3.8) is 0 Å². The number of anilines is 1. The number of ether oxygens (including phenoxy) is 2. The standard InChI is InChI=1S/C18H22N2O6S2/c1-25-16-6-7-18(17(11-16)26-2)28(23,24)19-15-5-4-13-8-9-20(27(3,21)22)12-14(13)10-15/h4-7,10-11,19H,8-9,12H2,1-3H3. The van der Waals surface area contributed by atoms with Gasteiger partial charge in [0.15, 0.2) is 0 Å². The fourth-order valence-corrected chi connectivity index (χ4v) is 5.08. The van der Waals surface area contributed by atoms with Crippen molar-refractivity contribution in [3.05, 3.63) is 47.5 Å². The lowest BCUT2D eigenvalue weighted by Crippen LogP contribution is -2.35. The van der Waals surface area contributed by atoms with Gasteiger partial charge in [-0.2, -0.15) is 4.31 Å². The van der Waals surface area contributed by atoms with Gasteiger partial charge in [-0.15, -0.1) is 0 Å². The van der Waals surface area contributed by atoms with Gasteiger partial charge in [-0.3, -0.25) is 4.72 Å². The van der Waals surface area contributed by atoms with Gasteiger partial charge in [0.25, 0.3) is 10.0 Å². The minimum atomic E-state index is -3.91. The Kier molecular flexibility index (Phi) is 5.55. The number of hydrogen-bond donors (Lipinski definition) is 1. The van der Waals surface area contributed by atoms with E-state index in [4.69, 9.17) is 9.47 Å². The molecule has 152 valence electrons. The summed E-state index contributed by atoms with van der Waals surface area (Å²) in [6.07, 6.45) is 1.75. The number of rotatable bonds is 6. The van der Waals surface area contributed by atoms with Gasteiger partial charge in [0.1, 0.15) is 16.4 Å². The molecule has 1 aliphatic rings. The Morgan fingerprint density at radius 1 is 0.964 bits per heavy atom. The third-order valence-electron chi connectivity index (χ3n) is 4.57. The van der Waals surface area contributed by atoms with Crippen LogP contribution in [0.15, 0.2) is 41.3 Å². The fraction of sp³-hybridized carbons (Fsp3) is 0.333. The highest BCUT2D eigenvalue weighted by Crippen LogP contribution is 2.31. The van der Waals surface area contributed by atoms with Crippen molar-refractivity contribution in [2.75, 3.05) is 31.7 Å². The number of sulfonamides is 2. The summed E-state index contributed by atoms with van der Waals surface area (Å²) >= 11 is 0. The quantitative estimate of drug-likeness (QED) is 0.756. The van der Waals surface area contributed by atoms with Crippen LogP contribution in [-0.2, 0) is 33.0 Å². The Labute approximate surface area is 165 Å². The van der Waals surface area contributed by atoms with Crippen LogP contribution in [0.3, 0.4) is 0 Å². The van der Waals surface area contributed by atoms with E-state index in [-0.39, 0.29) is 17.2 Å². The maximum Gasteiger partial charge on any atom is 0.265 e. The molecule has 0 aromatic heterocycles. The van der Waals surface area contributed by atoms with E-state index >= 15 is 0 Å². The van der Waals surface area contributed by atoms with Crippen molar-refractivity contribution >= 4 is 25.7 Å². The monoisotopic (exact) mass is 426 g/mol. The predicted octanol–water partition coefficient (Wildman–Crippen LogP) is 1.82. The van der Waals surface area contributed by atoms with E-state index < -0.39 is 20.0 Å². The van der Waals surface area contributed by atoms with Gasteiger partial charge in [0.2, 0.25) is 10.0 Å². The highest BCUT2D eigenvalue weighted by atomic mass is 32.2. The van der Waals surface area contributed by atoms with Crippen molar-refractivity contribution < 1.29 is 26.3 Å². The minimum Gasteiger partial charge on any atom is -0.497 e. The predicted molar refractivity (Wildman–Crippen MR) is 106 cm³/mol. The highest BCUT2D eigenvalue weighted by Gasteiger charge is 2.25. The number of hydrogen-bond acceptors (Lipinski definition) is 6. The van der Waals surface area contributed by atoms with Gasteiger partial charge in [-0.05, 0) is 41.8 Å². The zero-order valence-corrected chi connectivity index (χ0v) is 17.4. The molecular formula is C18H22N2O6S2. The van der Waals surface area contributed by atoms with Crippen molar-refractivity contribution in [2.24, 2.45) is 0 Å². The summed E-state index contributed by atoms with van der Waals surface area (Å²) in [6.45, 7) is 0.634. The third-order valence-corrected chi connectivity index (χ3v) is 7.24. The van der Waals surface area contributed by atoms with Crippen molar-refractivity contribution in [2.45, 2.75) is 17.9 Å². The van der Waals surface area contributed by atoms with Gasteiger partial charge < -0.3 is 9.47 Å². The van der Waals surface area contributed by atoms with Crippen LogP contribution in [-0.4, -0.2) is 48.2 Å². The first-order valence-corrected chi connectivity index (χ1v) is 11.8. The Hall–Kier alpha value is -2.30. The van der Waals surface area contributed by atoms with E-state index in [1.807, 2.05) is 6.07 Å². The second-order valence-corrected chi connectivity index (χ2v) is 10.1. The topological polar surface area (TPSA) is 102 Å². The van der Waals surface area contributed by atoms with Gasteiger partial charge >= 0.3 is 0 Å². The fourth-order valence-electron chi connectivity index (χ4n) is 3.08. The molecule has 2 aromatic rings. The molecule has 1 aliphatic heterocycles. The van der Waals surface area contributed by atoms with Crippen LogP contribution >= 0.6 is 0 Å². The van der Waals surface area contributed by atoms with E-state index in [0.717, 1.165) is 11.1 Å². The summed E-state index contributed by atoms with van der Waals surface area (Å²) in [5, 5.41) is 0. The number of nitrogens with one attached hydrogen (secondary N) is 1. The van der Waals surface area contributed by atoms with E-state index in [2.05, 4.69) is 4.72 Å². The third kappa shape index (κ3) is 4.23. The Morgan fingerprint density at radius 3 is 2.36 bits per heavy atom. The van der Waals surface area contributed by atoms with Crippen LogP contribution in [0.4, 0.5) is 5.69 Å². The summed E-state index contributed by atoms with van der Waals surface area (Å²) in [6, 6.07) is 9.59. The molecule has 0 radical (unpaired) electrons. The molecule has 0 fully saturated rings. The largest absolute Gasteiger partial charge is 0.497 e. The molecule has 1 N–H and O–H groups in total. The number of benzene rings is 2. The lowest BCUT2D eigenvalue weighted by molar-refractivity contribution is 0.386. The number of nitrogens with zero attached hydrogens (tertiary/aromatic N) is 1. The highest BCUT2D eigenvalue weighted by molar-refractivity contribution is 7.92. The van der Waals surface area contributed by atoms with Crippen LogP contribution in [0, 0.1) is 0 Å². The normalized spacial score (nSPS) is 15.0. The maximum atomic E-state index is 12.8. The molecule has 0 bridgehead atoms. The smallest absolute Gasteiger partial charge is 0.265 e. The van der Waals surface area contributed by atoms with Crippen molar-refractivity contribution in [1.82, 2.24) is 4.31 Å². The van der Waals surface area contributed by atoms with E-state index in [1.165, 1.54) is 43.0 Å². The average molecular weight is 427 g/mol. The molecule has 0 aliphatic carbocycles. The molecule has 10 heteroatoms. The SMILES string of the molecule is COc1ccc(S(=O)(=O)Nc2ccc3c(c2)CN(S(C)(=O)=O)CC3)c(OC)c1. The molecule has 28 heavy (non-hydrogen) atoms. The first kappa shape index (κ1) is 20.4. The molecule has 3 rings (SSSR count). The molecule has 0 amide bonds. The number of fused-ring (bicyclic) bond motifs is 1. The molecule has 0 saturated carbocycles. The Balaban J connectivity index is 1.90. The van der Waals surface area contributed by atoms with Crippen LogP contribution < -0.4 is 14.2 Å². The lowest BCUT2D eigenvalue weighted by atomic mass is 10.0. The summed E-state index contributed by atoms with van der Waals surface area (Å²) in [5.74, 6) is 0.638. The molecule has 2 aromatic carbocycles. The van der Waals surface area contributed by atoms with Gasteiger partial charge in [-0.25, -0.2) is 16.8 Å². The van der Waals surface area contributed by atoms with E-state index in [1.54, 1.807) is 12.1 Å². The molecular weight excluding hydrogens is 404 g/mol. The lowest BCUT2D eigenvalue weighted by Gasteiger charge is -2.27. The molecule has 0 saturated heterocycles. The Bertz CT molecular complexity index is 1100. The summed E-state index contributed by atoms with van der Waals surface area (Å²) < 4.78 is 63.5. The Morgan fingerprint density at radius 2 is 1.71 bits per heavy atom. The molecule has 0 atom stereocenters. The maximum absolute atomic E-state index is 12.8. The van der Waals surface area contributed by atoms with Gasteiger partial charge in [-0.1, -0.05) is 6.07 Å². The van der Waals surface area contributed by atoms with Gasteiger partial charge in [0, 0.05) is 24.8 Å². The molecule has 0 spiro atoms. The van der Waals surface area contributed by atoms with Crippen molar-refractivity contribution in [3.8, 4) is 11.5 Å².